The van der Waals surface area contributed by atoms with Crippen LogP contribution in [0.3, 0.4) is 0 Å². The minimum Gasteiger partial charge on any atom is -0.487 e. The summed E-state index contributed by atoms with van der Waals surface area (Å²) < 4.78 is 18.7. The van der Waals surface area contributed by atoms with Gasteiger partial charge in [0.25, 0.3) is 0 Å². The van der Waals surface area contributed by atoms with Crippen LogP contribution in [0.1, 0.15) is 11.1 Å². The molecule has 5 heteroatoms. The van der Waals surface area contributed by atoms with Gasteiger partial charge in [-0.05, 0) is 35.9 Å². The SMILES string of the molecule is N#Cc1ccc(OCc2ccc(Cl)c(F)c2)c(N)c1. The molecule has 2 aromatic carbocycles. The summed E-state index contributed by atoms with van der Waals surface area (Å²) in [4.78, 5) is 0. The van der Waals surface area contributed by atoms with Crippen molar-refractivity contribution in [3.05, 3.63) is 58.4 Å². The lowest BCUT2D eigenvalue weighted by Crippen LogP contribution is -1.99. The summed E-state index contributed by atoms with van der Waals surface area (Å²) in [5.41, 5.74) is 7.22. The van der Waals surface area contributed by atoms with Crippen LogP contribution in [-0.2, 0) is 6.61 Å². The van der Waals surface area contributed by atoms with Crippen molar-refractivity contribution < 1.29 is 9.13 Å². The van der Waals surface area contributed by atoms with Crippen LogP contribution >= 0.6 is 11.6 Å². The van der Waals surface area contributed by atoms with Crippen LogP contribution in [0.5, 0.6) is 5.75 Å². The summed E-state index contributed by atoms with van der Waals surface area (Å²) in [6, 6.07) is 11.2. The number of benzene rings is 2. The average Bonchev–Trinajstić information content (AvgIpc) is 2.41. The van der Waals surface area contributed by atoms with Crippen molar-refractivity contribution in [2.24, 2.45) is 0 Å². The summed E-state index contributed by atoms with van der Waals surface area (Å²) in [6.45, 7) is 0.171. The summed E-state index contributed by atoms with van der Waals surface area (Å²) in [6.07, 6.45) is 0. The van der Waals surface area contributed by atoms with E-state index in [0.29, 0.717) is 22.6 Å². The molecular weight excluding hydrogens is 267 g/mol. The molecule has 0 saturated carbocycles. The molecule has 2 N–H and O–H groups in total. The van der Waals surface area contributed by atoms with Gasteiger partial charge in [-0.15, -0.1) is 0 Å². The van der Waals surface area contributed by atoms with Crippen molar-refractivity contribution in [1.82, 2.24) is 0 Å². The molecule has 0 aliphatic carbocycles. The molecular formula is C14H10ClFN2O. The highest BCUT2D eigenvalue weighted by molar-refractivity contribution is 6.30. The van der Waals surface area contributed by atoms with Gasteiger partial charge in [-0.2, -0.15) is 5.26 Å². The predicted molar refractivity (Wildman–Crippen MR) is 71.3 cm³/mol. The van der Waals surface area contributed by atoms with E-state index < -0.39 is 5.82 Å². The smallest absolute Gasteiger partial charge is 0.142 e. The third-order valence-electron chi connectivity index (χ3n) is 2.52. The monoisotopic (exact) mass is 276 g/mol. The van der Waals surface area contributed by atoms with Crippen molar-refractivity contribution in [3.8, 4) is 11.8 Å². The Morgan fingerprint density at radius 2 is 2.05 bits per heavy atom. The first kappa shape index (κ1) is 13.2. The van der Waals surface area contributed by atoms with Crippen molar-refractivity contribution in [2.45, 2.75) is 6.61 Å². The van der Waals surface area contributed by atoms with E-state index in [0.717, 1.165) is 0 Å². The predicted octanol–water partition coefficient (Wildman–Crippen LogP) is 3.51. The van der Waals surface area contributed by atoms with E-state index >= 15 is 0 Å². The summed E-state index contributed by atoms with van der Waals surface area (Å²) >= 11 is 5.59. The van der Waals surface area contributed by atoms with E-state index in [1.54, 1.807) is 18.2 Å². The highest BCUT2D eigenvalue weighted by atomic mass is 35.5. The first-order valence-electron chi connectivity index (χ1n) is 5.46. The van der Waals surface area contributed by atoms with Crippen molar-refractivity contribution >= 4 is 17.3 Å². The van der Waals surface area contributed by atoms with E-state index in [9.17, 15) is 4.39 Å². The number of nitrogens with zero attached hydrogens (tertiary/aromatic N) is 1. The number of nitriles is 1. The maximum absolute atomic E-state index is 13.2. The third kappa shape index (κ3) is 3.15. The Balaban J connectivity index is 2.10. The summed E-state index contributed by atoms with van der Waals surface area (Å²) in [5, 5.41) is 8.79. The number of hydrogen-bond acceptors (Lipinski definition) is 3. The van der Waals surface area contributed by atoms with Crippen LogP contribution in [0, 0.1) is 17.1 Å². The van der Waals surface area contributed by atoms with Crippen molar-refractivity contribution in [2.75, 3.05) is 5.73 Å². The molecule has 0 spiro atoms. The molecule has 96 valence electrons. The van der Waals surface area contributed by atoms with Gasteiger partial charge in [0.1, 0.15) is 18.2 Å². The Kier molecular flexibility index (Phi) is 3.88. The molecule has 0 fully saturated rings. The van der Waals surface area contributed by atoms with E-state index in [1.807, 2.05) is 6.07 Å². The molecule has 0 atom stereocenters. The zero-order valence-electron chi connectivity index (χ0n) is 9.86. The van der Waals surface area contributed by atoms with Gasteiger partial charge in [-0.1, -0.05) is 17.7 Å². The second-order valence-corrected chi connectivity index (χ2v) is 4.31. The molecule has 2 aromatic rings. The Labute approximate surface area is 115 Å². The number of anilines is 1. The molecule has 0 saturated heterocycles. The van der Waals surface area contributed by atoms with Gasteiger partial charge in [-0.3, -0.25) is 0 Å². The number of ether oxygens (including phenoxy) is 1. The fourth-order valence-electron chi connectivity index (χ4n) is 1.54. The molecule has 0 unspecified atom stereocenters. The van der Waals surface area contributed by atoms with E-state index in [4.69, 9.17) is 27.3 Å². The molecule has 0 aliphatic heterocycles. The largest absolute Gasteiger partial charge is 0.487 e. The second kappa shape index (κ2) is 5.59. The maximum Gasteiger partial charge on any atom is 0.142 e. The molecule has 3 nitrogen and oxygen atoms in total. The minimum absolute atomic E-state index is 0.0710. The lowest BCUT2D eigenvalue weighted by atomic mass is 10.2. The van der Waals surface area contributed by atoms with Gasteiger partial charge < -0.3 is 10.5 Å². The fourth-order valence-corrected chi connectivity index (χ4v) is 1.66. The Morgan fingerprint density at radius 3 is 2.68 bits per heavy atom. The minimum atomic E-state index is -0.490. The lowest BCUT2D eigenvalue weighted by molar-refractivity contribution is 0.307. The van der Waals surface area contributed by atoms with Crippen LogP contribution < -0.4 is 10.5 Å². The molecule has 19 heavy (non-hydrogen) atoms. The van der Waals surface area contributed by atoms with Gasteiger partial charge >= 0.3 is 0 Å². The van der Waals surface area contributed by atoms with E-state index in [-0.39, 0.29) is 11.6 Å². The van der Waals surface area contributed by atoms with Gasteiger partial charge in [0.15, 0.2) is 0 Å². The fraction of sp³-hybridized carbons (Fsp3) is 0.0714. The number of hydrogen-bond donors (Lipinski definition) is 1. The Hall–Kier alpha value is -2.25. The van der Waals surface area contributed by atoms with Gasteiger partial charge in [0.2, 0.25) is 0 Å². The Bertz CT molecular complexity index is 652. The molecule has 0 amide bonds. The topological polar surface area (TPSA) is 59.0 Å². The first-order valence-corrected chi connectivity index (χ1v) is 5.84. The van der Waals surface area contributed by atoms with Gasteiger partial charge in [0.05, 0.1) is 22.3 Å². The highest BCUT2D eigenvalue weighted by Gasteiger charge is 2.04. The number of halogens is 2. The average molecular weight is 277 g/mol. The molecule has 0 radical (unpaired) electrons. The van der Waals surface area contributed by atoms with E-state index in [1.165, 1.54) is 18.2 Å². The van der Waals surface area contributed by atoms with Crippen molar-refractivity contribution in [3.63, 3.8) is 0 Å². The van der Waals surface area contributed by atoms with Gasteiger partial charge in [-0.25, -0.2) is 4.39 Å². The standard InChI is InChI=1S/C14H10ClFN2O/c15-11-3-1-10(5-12(11)16)8-19-14-4-2-9(7-17)6-13(14)18/h1-6H,8,18H2. The van der Waals surface area contributed by atoms with Gasteiger partial charge in [0, 0.05) is 0 Å². The summed E-state index contributed by atoms with van der Waals surface area (Å²) in [7, 11) is 0. The number of nitrogens with two attached hydrogens (primary N) is 1. The molecule has 0 heterocycles. The second-order valence-electron chi connectivity index (χ2n) is 3.90. The van der Waals surface area contributed by atoms with Crippen LogP contribution in [0.25, 0.3) is 0 Å². The normalized spacial score (nSPS) is 9.95. The van der Waals surface area contributed by atoms with Crippen molar-refractivity contribution in [1.29, 1.82) is 5.26 Å². The Morgan fingerprint density at radius 1 is 1.26 bits per heavy atom. The summed E-state index contributed by atoms with van der Waals surface area (Å²) in [5.74, 6) is -0.0371. The number of nitrogen functional groups attached to an aromatic ring is 1. The van der Waals surface area contributed by atoms with Crippen LogP contribution in [-0.4, -0.2) is 0 Å². The van der Waals surface area contributed by atoms with Crippen LogP contribution in [0.2, 0.25) is 5.02 Å². The van der Waals surface area contributed by atoms with E-state index in [2.05, 4.69) is 0 Å². The lowest BCUT2D eigenvalue weighted by Gasteiger charge is -2.09. The zero-order chi connectivity index (χ0) is 13.8. The molecule has 0 bridgehead atoms. The zero-order valence-corrected chi connectivity index (χ0v) is 10.6. The quantitative estimate of drug-likeness (QED) is 0.873. The van der Waals surface area contributed by atoms with Crippen LogP contribution in [0.4, 0.5) is 10.1 Å². The third-order valence-corrected chi connectivity index (χ3v) is 2.82. The molecule has 0 aliphatic rings. The number of rotatable bonds is 3. The van der Waals surface area contributed by atoms with Crippen LogP contribution in [0.15, 0.2) is 36.4 Å². The highest BCUT2D eigenvalue weighted by Crippen LogP contribution is 2.24. The molecule has 2 rings (SSSR count). The maximum atomic E-state index is 13.2. The first-order chi connectivity index (χ1) is 9.10. The molecule has 0 aromatic heterocycles.